The van der Waals surface area contributed by atoms with Crippen LogP contribution in [0.25, 0.3) is 0 Å². The van der Waals surface area contributed by atoms with E-state index in [9.17, 15) is 4.79 Å². The summed E-state index contributed by atoms with van der Waals surface area (Å²) in [5, 5.41) is 2.39. The fourth-order valence-electron chi connectivity index (χ4n) is 0.196. The molecule has 4 nitrogen and oxygen atoms in total. The smallest absolute Gasteiger partial charge is 0.223 e. The molecule has 0 saturated heterocycles. The molecule has 46 valence electrons. The fraction of sp³-hybridized carbons (Fsp3) is 0.333. The first-order valence-corrected chi connectivity index (χ1v) is 2.36. The second-order valence-electron chi connectivity index (χ2n) is 1.15. The summed E-state index contributed by atoms with van der Waals surface area (Å²) in [6, 6.07) is 0. The molecule has 0 bridgehead atoms. The Morgan fingerprint density at radius 2 is 2.25 bits per heavy atom. The molecule has 0 aliphatic heterocycles. The van der Waals surface area contributed by atoms with Gasteiger partial charge in [0.2, 0.25) is 5.91 Å². The van der Waals surface area contributed by atoms with E-state index >= 15 is 0 Å². The van der Waals surface area contributed by atoms with Gasteiger partial charge in [-0.05, 0) is 12.2 Å². The maximum atomic E-state index is 10.1. The summed E-state index contributed by atoms with van der Waals surface area (Å²) < 4.78 is 0. The first-order chi connectivity index (χ1) is 3.66. The average molecular weight is 133 g/mol. The normalized spacial score (nSPS) is 7.75. The van der Waals surface area contributed by atoms with Crippen molar-refractivity contribution in [3.63, 3.8) is 0 Å². The number of carbonyl (C=O) groups is 1. The maximum Gasteiger partial charge on any atom is 0.223 e. The van der Waals surface area contributed by atoms with E-state index in [1.165, 1.54) is 6.92 Å². The van der Waals surface area contributed by atoms with Crippen molar-refractivity contribution < 1.29 is 4.79 Å². The molecule has 4 N–H and O–H groups in total. The van der Waals surface area contributed by atoms with Crippen LogP contribution in [0.1, 0.15) is 6.92 Å². The van der Waals surface area contributed by atoms with Crippen LogP contribution < -0.4 is 16.6 Å². The Bertz CT molecular complexity index is 113. The molecule has 0 aromatic heterocycles. The number of rotatable bonds is 0. The zero-order valence-electron chi connectivity index (χ0n) is 4.39. The van der Waals surface area contributed by atoms with Crippen LogP contribution in [-0.4, -0.2) is 11.0 Å². The van der Waals surface area contributed by atoms with E-state index < -0.39 is 0 Å². The van der Waals surface area contributed by atoms with Gasteiger partial charge in [-0.1, -0.05) is 0 Å². The predicted molar refractivity (Wildman–Crippen MR) is 33.7 cm³/mol. The molecule has 0 spiro atoms. The monoisotopic (exact) mass is 133 g/mol. The average Bonchev–Trinajstić information content (AvgIpc) is 1.65. The standard InChI is InChI=1S/C3H7N3OS/c1-2(7)5-3(8)6-4/h4H2,1H3,(H2,5,6,7,8). The van der Waals surface area contributed by atoms with Crippen LogP contribution in [0.4, 0.5) is 0 Å². The molecule has 0 atom stereocenters. The number of hydrogen-bond acceptors (Lipinski definition) is 3. The van der Waals surface area contributed by atoms with Crippen LogP contribution in [0.2, 0.25) is 0 Å². The van der Waals surface area contributed by atoms with E-state index in [1.807, 2.05) is 0 Å². The van der Waals surface area contributed by atoms with Crippen LogP contribution in [0, 0.1) is 0 Å². The van der Waals surface area contributed by atoms with Crippen molar-refractivity contribution in [2.75, 3.05) is 0 Å². The van der Waals surface area contributed by atoms with E-state index in [-0.39, 0.29) is 11.0 Å². The SMILES string of the molecule is CC(=O)NC(=S)NN. The molecule has 0 unspecified atom stereocenters. The van der Waals surface area contributed by atoms with Gasteiger partial charge in [-0.2, -0.15) is 0 Å². The Labute approximate surface area is 52.4 Å². The highest BCUT2D eigenvalue weighted by molar-refractivity contribution is 7.80. The molecule has 0 rings (SSSR count). The summed E-state index contributed by atoms with van der Waals surface area (Å²) in [5.41, 5.74) is 2.10. The maximum absolute atomic E-state index is 10.1. The second kappa shape index (κ2) is 3.34. The van der Waals surface area contributed by atoms with Gasteiger partial charge in [0.1, 0.15) is 0 Å². The third kappa shape index (κ3) is 3.51. The van der Waals surface area contributed by atoms with Gasteiger partial charge in [-0.15, -0.1) is 0 Å². The fourth-order valence-corrected chi connectivity index (χ4v) is 0.340. The summed E-state index contributed by atoms with van der Waals surface area (Å²) in [6.45, 7) is 1.35. The predicted octanol–water partition coefficient (Wildman–Crippen LogP) is -1.13. The minimum atomic E-state index is -0.229. The number of hydrazine groups is 1. The van der Waals surface area contributed by atoms with E-state index in [4.69, 9.17) is 5.84 Å². The van der Waals surface area contributed by atoms with Crippen LogP contribution in [0.15, 0.2) is 0 Å². The first kappa shape index (κ1) is 7.32. The van der Waals surface area contributed by atoms with Crippen molar-refractivity contribution >= 4 is 23.2 Å². The zero-order chi connectivity index (χ0) is 6.57. The molecule has 5 heteroatoms. The Balaban J connectivity index is 3.40. The summed E-state index contributed by atoms with van der Waals surface area (Å²) in [6.07, 6.45) is 0. The lowest BCUT2D eigenvalue weighted by atomic mass is 10.7. The lowest BCUT2D eigenvalue weighted by Gasteiger charge is -1.99. The molecule has 0 fully saturated rings. The number of hydrogen-bond donors (Lipinski definition) is 3. The number of carbonyl (C=O) groups excluding carboxylic acids is 1. The number of nitrogens with one attached hydrogen (secondary N) is 2. The molecule has 0 radical (unpaired) electrons. The Hall–Kier alpha value is -0.680. The van der Waals surface area contributed by atoms with Crippen LogP contribution in [0.3, 0.4) is 0 Å². The summed E-state index contributed by atoms with van der Waals surface area (Å²) >= 11 is 4.46. The minimum absolute atomic E-state index is 0.137. The van der Waals surface area contributed by atoms with Crippen molar-refractivity contribution in [3.8, 4) is 0 Å². The molecule has 0 aliphatic carbocycles. The van der Waals surface area contributed by atoms with Crippen molar-refractivity contribution in [2.45, 2.75) is 6.92 Å². The molecule has 0 saturated carbocycles. The Kier molecular flexibility index (Phi) is 3.05. The van der Waals surface area contributed by atoms with Gasteiger partial charge in [-0.25, -0.2) is 5.84 Å². The Morgan fingerprint density at radius 1 is 1.75 bits per heavy atom. The molecule has 8 heavy (non-hydrogen) atoms. The van der Waals surface area contributed by atoms with Crippen LogP contribution in [0.5, 0.6) is 0 Å². The molecule has 1 amide bonds. The number of amides is 1. The molecule has 0 aromatic carbocycles. The van der Waals surface area contributed by atoms with E-state index in [0.29, 0.717) is 0 Å². The van der Waals surface area contributed by atoms with Gasteiger partial charge < -0.3 is 10.7 Å². The Morgan fingerprint density at radius 3 is 2.38 bits per heavy atom. The molecular weight excluding hydrogens is 126 g/mol. The summed E-state index contributed by atoms with van der Waals surface area (Å²) in [4.78, 5) is 10.1. The third-order valence-electron chi connectivity index (χ3n) is 0.421. The van der Waals surface area contributed by atoms with Crippen molar-refractivity contribution in [1.82, 2.24) is 10.7 Å². The van der Waals surface area contributed by atoms with Gasteiger partial charge in [-0.3, -0.25) is 4.79 Å². The molecule has 0 aromatic rings. The van der Waals surface area contributed by atoms with Gasteiger partial charge in [0.05, 0.1) is 0 Å². The van der Waals surface area contributed by atoms with Crippen LogP contribution in [-0.2, 0) is 4.79 Å². The first-order valence-electron chi connectivity index (χ1n) is 1.95. The topological polar surface area (TPSA) is 67.2 Å². The molecule has 0 heterocycles. The van der Waals surface area contributed by atoms with Gasteiger partial charge in [0, 0.05) is 6.92 Å². The largest absolute Gasteiger partial charge is 0.302 e. The zero-order valence-corrected chi connectivity index (χ0v) is 5.21. The van der Waals surface area contributed by atoms with Crippen molar-refractivity contribution in [1.29, 1.82) is 0 Å². The van der Waals surface area contributed by atoms with Crippen molar-refractivity contribution in [3.05, 3.63) is 0 Å². The summed E-state index contributed by atoms with van der Waals surface area (Å²) in [5.74, 6) is 4.59. The molecular formula is C3H7N3OS. The van der Waals surface area contributed by atoms with Gasteiger partial charge >= 0.3 is 0 Å². The van der Waals surface area contributed by atoms with Gasteiger partial charge in [0.25, 0.3) is 0 Å². The third-order valence-corrected chi connectivity index (χ3v) is 0.641. The summed E-state index contributed by atoms with van der Waals surface area (Å²) in [7, 11) is 0. The lowest BCUT2D eigenvalue weighted by Crippen LogP contribution is -2.41. The second-order valence-corrected chi connectivity index (χ2v) is 1.56. The highest BCUT2D eigenvalue weighted by atomic mass is 32.1. The highest BCUT2D eigenvalue weighted by Crippen LogP contribution is 1.60. The highest BCUT2D eigenvalue weighted by Gasteiger charge is 1.91. The van der Waals surface area contributed by atoms with Crippen LogP contribution >= 0.6 is 12.2 Å². The molecule has 0 aliphatic rings. The number of thiocarbonyl (C=S) groups is 1. The van der Waals surface area contributed by atoms with E-state index in [0.717, 1.165) is 0 Å². The minimum Gasteiger partial charge on any atom is -0.302 e. The van der Waals surface area contributed by atoms with Gasteiger partial charge in [0.15, 0.2) is 5.11 Å². The lowest BCUT2D eigenvalue weighted by molar-refractivity contribution is -0.117. The van der Waals surface area contributed by atoms with E-state index in [2.05, 4.69) is 23.0 Å². The van der Waals surface area contributed by atoms with E-state index in [1.54, 1.807) is 0 Å². The van der Waals surface area contributed by atoms with Crippen molar-refractivity contribution in [2.24, 2.45) is 5.84 Å². The number of nitrogens with two attached hydrogens (primary N) is 1. The quantitative estimate of drug-likeness (QED) is 0.222.